The van der Waals surface area contributed by atoms with Crippen LogP contribution in [0, 0.1) is 10.8 Å². The molecule has 0 aromatic rings. The number of amides is 1. The topological polar surface area (TPSA) is 439 Å². The minimum Gasteiger partial charge on any atom is -0.478 e. The standard InChI is InChI=1S/C10H22O7.C8H12N2O2.5C3H4O2.CH3NO2/c11-1-9(2-12,3-13)7-17-8-10(4-14,5-15)6-16;11-7-9-5-3-1-2-4-6-10-8-12;5*1-2-3(4)5;2-1(3)4/h11-16H,1-8H2;1-6H2;5*2H,1H2,(H,4,5);2H2,(H,3,4). The van der Waals surface area contributed by atoms with E-state index in [1.165, 1.54) is 12.2 Å². The molecule has 1 amide bonds. The second kappa shape index (κ2) is 55.1. The van der Waals surface area contributed by atoms with Crippen LogP contribution in [-0.4, -0.2) is 175 Å². The van der Waals surface area contributed by atoms with Crippen LogP contribution in [0.15, 0.2) is 73.3 Å². The maximum Gasteiger partial charge on any atom is 0.402 e. The van der Waals surface area contributed by atoms with E-state index in [4.69, 9.17) is 70.8 Å². The predicted molar refractivity (Wildman–Crippen MR) is 204 cm³/mol. The zero-order valence-electron chi connectivity index (χ0n) is 31.8. The first-order valence-electron chi connectivity index (χ1n) is 15.6. The highest BCUT2D eigenvalue weighted by Gasteiger charge is 2.32. The van der Waals surface area contributed by atoms with Crippen molar-refractivity contribution < 1.29 is 104 Å². The molecule has 0 rings (SSSR count). The molecule has 0 bridgehead atoms. The Bertz CT molecular complexity index is 1070. The van der Waals surface area contributed by atoms with Crippen molar-refractivity contribution in [1.82, 2.24) is 0 Å². The van der Waals surface area contributed by atoms with Crippen LogP contribution in [-0.2, 0) is 38.3 Å². The second-order valence-corrected chi connectivity index (χ2v) is 9.85. The molecule has 0 heterocycles. The minimum absolute atomic E-state index is 0.141. The first-order chi connectivity index (χ1) is 27.1. The highest BCUT2D eigenvalue weighted by molar-refractivity contribution is 5.80. The Morgan fingerprint density at radius 2 is 0.655 bits per heavy atom. The third-order valence-electron chi connectivity index (χ3n) is 5.12. The average Bonchev–Trinajstić information content (AvgIpc) is 3.20. The number of ether oxygens (including phenoxy) is 1. The number of isocyanates is 2. The number of carbonyl (C=O) groups excluding carboxylic acids is 2. The predicted octanol–water partition coefficient (Wildman–Crippen LogP) is -0.944. The molecule has 14 N–H and O–H groups in total. The van der Waals surface area contributed by atoms with E-state index in [1.54, 1.807) is 0 Å². The molecule has 0 aliphatic carbocycles. The van der Waals surface area contributed by atoms with Gasteiger partial charge in [0.05, 0.1) is 76.8 Å². The number of hydrogen-bond acceptors (Lipinski definition) is 17. The van der Waals surface area contributed by atoms with Crippen molar-refractivity contribution in [3.63, 3.8) is 0 Å². The van der Waals surface area contributed by atoms with Crippen LogP contribution in [0.1, 0.15) is 25.7 Å². The Labute approximate surface area is 333 Å². The lowest BCUT2D eigenvalue weighted by Gasteiger charge is -2.31. The zero-order valence-corrected chi connectivity index (χ0v) is 31.8. The number of primary amides is 1. The Morgan fingerprint density at radius 1 is 0.483 bits per heavy atom. The van der Waals surface area contributed by atoms with E-state index in [0.29, 0.717) is 13.1 Å². The van der Waals surface area contributed by atoms with Gasteiger partial charge in [0.25, 0.3) is 0 Å². The minimum atomic E-state index is -1.33. The van der Waals surface area contributed by atoms with Gasteiger partial charge in [-0.15, -0.1) is 0 Å². The van der Waals surface area contributed by atoms with Crippen LogP contribution in [0.5, 0.6) is 0 Å². The molecule has 24 heteroatoms. The number of carbonyl (C=O) groups is 6. The zero-order chi connectivity index (χ0) is 47.4. The van der Waals surface area contributed by atoms with Gasteiger partial charge in [-0.25, -0.2) is 48.3 Å². The summed E-state index contributed by atoms with van der Waals surface area (Å²) in [7, 11) is 0. The lowest BCUT2D eigenvalue weighted by atomic mass is 9.91. The van der Waals surface area contributed by atoms with Gasteiger partial charge in [-0.05, 0) is 12.8 Å². The number of aliphatic hydroxyl groups excluding tert-OH is 6. The van der Waals surface area contributed by atoms with E-state index in [0.717, 1.165) is 56.1 Å². The summed E-state index contributed by atoms with van der Waals surface area (Å²) in [6.45, 7) is 12.9. The van der Waals surface area contributed by atoms with Gasteiger partial charge in [0.15, 0.2) is 0 Å². The van der Waals surface area contributed by atoms with E-state index in [1.807, 2.05) is 0 Å². The molecule has 0 aliphatic rings. The highest BCUT2D eigenvalue weighted by Crippen LogP contribution is 2.19. The van der Waals surface area contributed by atoms with Gasteiger partial charge in [-0.2, -0.15) is 0 Å². The SMILES string of the molecule is C=CC(=O)O.C=CC(=O)O.C=CC(=O)O.C=CC(=O)O.C=CC(=O)O.NC(=O)O.O=C=NCCCCCCN=C=O.OCC(CO)(CO)COCC(CO)(CO)CO. The lowest BCUT2D eigenvalue weighted by Crippen LogP contribution is -2.43. The first-order valence-corrected chi connectivity index (χ1v) is 15.6. The largest absolute Gasteiger partial charge is 0.478 e. The van der Waals surface area contributed by atoms with Crippen molar-refractivity contribution >= 4 is 48.1 Å². The Morgan fingerprint density at radius 3 is 0.776 bits per heavy atom. The fourth-order valence-electron chi connectivity index (χ4n) is 1.88. The molecule has 0 aromatic heterocycles. The Hall–Kier alpha value is -6.20. The lowest BCUT2D eigenvalue weighted by molar-refractivity contribution is -0.132. The number of aliphatic hydroxyl groups is 6. The summed E-state index contributed by atoms with van der Waals surface area (Å²) < 4.78 is 5.15. The summed E-state index contributed by atoms with van der Waals surface area (Å²) in [6, 6.07) is 0. The van der Waals surface area contributed by atoms with Gasteiger partial charge in [0, 0.05) is 30.4 Å². The van der Waals surface area contributed by atoms with Gasteiger partial charge < -0.3 is 71.7 Å². The number of aliphatic carboxylic acids is 5. The molecule has 0 radical (unpaired) electrons. The summed E-state index contributed by atoms with van der Waals surface area (Å²) in [5.41, 5.74) is 1.71. The quantitative estimate of drug-likeness (QED) is 0.0270. The van der Waals surface area contributed by atoms with Crippen LogP contribution in [0.2, 0.25) is 0 Å². The monoisotopic (exact) mass is 843 g/mol. The molecular weight excluding hydrogens is 786 g/mol. The molecule has 0 spiro atoms. The first kappa shape index (κ1) is 69.7. The fourth-order valence-corrected chi connectivity index (χ4v) is 1.88. The molecule has 0 saturated heterocycles. The van der Waals surface area contributed by atoms with E-state index < -0.39 is 86.4 Å². The van der Waals surface area contributed by atoms with Crippen LogP contribution in [0.3, 0.4) is 0 Å². The van der Waals surface area contributed by atoms with Crippen LogP contribution >= 0.6 is 0 Å². The highest BCUT2D eigenvalue weighted by atomic mass is 16.5. The van der Waals surface area contributed by atoms with E-state index >= 15 is 0 Å². The van der Waals surface area contributed by atoms with E-state index in [9.17, 15) is 33.6 Å². The molecule has 0 fully saturated rings. The summed E-state index contributed by atoms with van der Waals surface area (Å²) in [5, 5.41) is 99.4. The van der Waals surface area contributed by atoms with Crippen molar-refractivity contribution in [2.75, 3.05) is 65.9 Å². The summed E-state index contributed by atoms with van der Waals surface area (Å²) >= 11 is 0. The van der Waals surface area contributed by atoms with Gasteiger partial charge in [-0.1, -0.05) is 45.7 Å². The summed E-state index contributed by atoms with van der Waals surface area (Å²) in [6.07, 6.45) is 9.63. The molecular formula is C34H57N3O21. The number of aliphatic imine (C=N–C) groups is 2. The molecule has 0 unspecified atom stereocenters. The molecule has 0 saturated carbocycles. The number of nitrogens with zero attached hydrogens (tertiary/aromatic N) is 2. The average molecular weight is 844 g/mol. The smallest absolute Gasteiger partial charge is 0.402 e. The van der Waals surface area contributed by atoms with Crippen molar-refractivity contribution in [2.24, 2.45) is 26.5 Å². The van der Waals surface area contributed by atoms with Crippen molar-refractivity contribution in [1.29, 1.82) is 0 Å². The molecule has 0 atom stereocenters. The molecule has 24 nitrogen and oxygen atoms in total. The summed E-state index contributed by atoms with van der Waals surface area (Å²) in [5.74, 6) is -4.91. The second-order valence-electron chi connectivity index (χ2n) is 9.85. The number of rotatable bonds is 22. The maximum atomic E-state index is 9.63. The van der Waals surface area contributed by atoms with E-state index in [-0.39, 0.29) is 13.2 Å². The summed E-state index contributed by atoms with van der Waals surface area (Å²) in [4.78, 5) is 81.1. The Kier molecular flexibility index (Phi) is 66.2. The fraction of sp³-hybridized carbons (Fsp3) is 0.471. The van der Waals surface area contributed by atoms with Crippen molar-refractivity contribution in [2.45, 2.75) is 25.7 Å². The third kappa shape index (κ3) is 78.8. The molecule has 0 aromatic carbocycles. The van der Waals surface area contributed by atoms with Gasteiger partial charge in [0.2, 0.25) is 12.2 Å². The number of nitrogens with two attached hydrogens (primary N) is 1. The number of carboxylic acid groups (broad SMARTS) is 6. The third-order valence-corrected chi connectivity index (χ3v) is 5.12. The van der Waals surface area contributed by atoms with Crippen LogP contribution < -0.4 is 5.73 Å². The molecule has 58 heavy (non-hydrogen) atoms. The van der Waals surface area contributed by atoms with Crippen molar-refractivity contribution in [3.8, 4) is 0 Å². The van der Waals surface area contributed by atoms with Gasteiger partial charge in [0.1, 0.15) is 0 Å². The van der Waals surface area contributed by atoms with Crippen molar-refractivity contribution in [3.05, 3.63) is 63.3 Å². The Balaban J connectivity index is -0.0000000885. The molecule has 334 valence electrons. The molecule has 0 aliphatic heterocycles. The van der Waals surface area contributed by atoms with Gasteiger partial charge in [-0.3, -0.25) is 0 Å². The maximum absolute atomic E-state index is 9.63. The number of carboxylic acids is 5. The normalized spacial score (nSPS) is 8.72. The van der Waals surface area contributed by atoms with Gasteiger partial charge >= 0.3 is 35.9 Å². The number of unbranched alkanes of at least 4 members (excludes halogenated alkanes) is 3. The van der Waals surface area contributed by atoms with Crippen LogP contribution in [0.4, 0.5) is 4.79 Å². The van der Waals surface area contributed by atoms with E-state index in [2.05, 4.69) is 48.6 Å². The number of hydrogen-bond donors (Lipinski definition) is 13. The van der Waals surface area contributed by atoms with Crippen LogP contribution in [0.25, 0.3) is 0 Å².